The Morgan fingerprint density at radius 3 is 2.27 bits per heavy atom. The Morgan fingerprint density at radius 2 is 1.76 bits per heavy atom. The van der Waals surface area contributed by atoms with Crippen LogP contribution in [-0.2, 0) is 19.9 Å². The smallest absolute Gasteiger partial charge is 0.229 e. The summed E-state index contributed by atoms with van der Waals surface area (Å²) in [5, 5.41) is 9.59. The molecular weight excluding hydrogens is 468 g/mol. The molecular formula is C21H24N4O6S2. The van der Waals surface area contributed by atoms with Gasteiger partial charge in [0.25, 0.3) is 0 Å². The second-order valence-corrected chi connectivity index (χ2v) is 12.7. The summed E-state index contributed by atoms with van der Waals surface area (Å²) in [6.07, 6.45) is 3.89. The summed E-state index contributed by atoms with van der Waals surface area (Å²) in [5.41, 5.74) is 1.43. The third kappa shape index (κ3) is 4.46. The minimum absolute atomic E-state index is 0.0206. The summed E-state index contributed by atoms with van der Waals surface area (Å²) in [5.74, 6) is 0.222. The van der Waals surface area contributed by atoms with Gasteiger partial charge < -0.3 is 9.47 Å². The number of nitrogens with zero attached hydrogens (tertiary/aromatic N) is 3. The van der Waals surface area contributed by atoms with Crippen LogP contribution in [0.4, 0.5) is 5.69 Å². The summed E-state index contributed by atoms with van der Waals surface area (Å²) in [6, 6.07) is 6.50. The van der Waals surface area contributed by atoms with Gasteiger partial charge in [-0.2, -0.15) is 5.26 Å². The van der Waals surface area contributed by atoms with E-state index in [1.807, 2.05) is 6.07 Å². The number of imidazole rings is 1. The van der Waals surface area contributed by atoms with Crippen molar-refractivity contribution in [2.45, 2.75) is 30.4 Å². The molecule has 0 aliphatic heterocycles. The van der Waals surface area contributed by atoms with E-state index in [0.717, 1.165) is 6.26 Å². The average molecular weight is 493 g/mol. The number of anilines is 1. The maximum absolute atomic E-state index is 13.2. The lowest BCUT2D eigenvalue weighted by Crippen LogP contribution is -2.28. The van der Waals surface area contributed by atoms with Crippen LogP contribution < -0.4 is 14.2 Å². The zero-order valence-corrected chi connectivity index (χ0v) is 20.6. The molecule has 0 fully saturated rings. The number of rotatable bonds is 6. The summed E-state index contributed by atoms with van der Waals surface area (Å²) in [6.45, 7) is 4.77. The van der Waals surface area contributed by atoms with Crippen molar-refractivity contribution in [3.63, 3.8) is 0 Å². The molecule has 2 heterocycles. The number of sulfonamides is 1. The summed E-state index contributed by atoms with van der Waals surface area (Å²) >= 11 is 0. The molecule has 0 aliphatic carbocycles. The van der Waals surface area contributed by atoms with Crippen LogP contribution in [0.1, 0.15) is 26.3 Å². The number of sulfone groups is 1. The molecule has 1 aromatic carbocycles. The quantitative estimate of drug-likeness (QED) is 0.554. The molecule has 0 saturated heterocycles. The fraction of sp³-hybridized carbons (Fsp3) is 0.333. The first kappa shape index (κ1) is 24.3. The predicted octanol–water partition coefficient (Wildman–Crippen LogP) is 2.83. The molecule has 33 heavy (non-hydrogen) atoms. The van der Waals surface area contributed by atoms with Crippen LogP contribution in [0.25, 0.3) is 16.9 Å². The van der Waals surface area contributed by atoms with E-state index in [1.54, 1.807) is 25.2 Å². The number of methoxy groups -OCH3 is 2. The average Bonchev–Trinajstić information content (AvgIpc) is 3.13. The highest BCUT2D eigenvalue weighted by Gasteiger charge is 2.34. The largest absolute Gasteiger partial charge is 0.495 e. The van der Waals surface area contributed by atoms with Gasteiger partial charge in [-0.25, -0.2) is 21.8 Å². The van der Waals surface area contributed by atoms with Crippen LogP contribution in [0, 0.1) is 11.3 Å². The second kappa shape index (κ2) is 8.24. The number of aromatic nitrogens is 2. The van der Waals surface area contributed by atoms with Crippen molar-refractivity contribution in [3.05, 3.63) is 36.2 Å². The number of fused-ring (bicyclic) bond motifs is 1. The first-order valence-electron chi connectivity index (χ1n) is 9.63. The maximum Gasteiger partial charge on any atom is 0.229 e. The molecule has 0 spiro atoms. The minimum atomic E-state index is -3.78. The molecule has 176 valence electrons. The van der Waals surface area contributed by atoms with Gasteiger partial charge in [0, 0.05) is 17.8 Å². The Balaban J connectivity index is 2.35. The zero-order valence-electron chi connectivity index (χ0n) is 19.0. The number of nitriles is 1. The summed E-state index contributed by atoms with van der Waals surface area (Å²) < 4.78 is 63.5. The number of hydrogen-bond acceptors (Lipinski definition) is 8. The normalized spacial score (nSPS) is 12.4. The van der Waals surface area contributed by atoms with E-state index < -0.39 is 24.6 Å². The molecule has 0 saturated carbocycles. The number of benzene rings is 1. The number of ether oxygens (including phenoxy) is 2. The van der Waals surface area contributed by atoms with Crippen LogP contribution in [0.2, 0.25) is 0 Å². The van der Waals surface area contributed by atoms with Gasteiger partial charge >= 0.3 is 0 Å². The van der Waals surface area contributed by atoms with Crippen molar-refractivity contribution in [1.29, 1.82) is 5.26 Å². The standard InChI is InChI=1S/C21H24N4O6S2/c1-21(2,3)33(28,29)18-12-25-16(11-23-19(25)9-17(18)30-4)13-7-14(10-22)20(31-5)15(8-13)24-32(6,26)27/h7-9,11-12,24H,1-6H3. The lowest BCUT2D eigenvalue weighted by atomic mass is 10.1. The van der Waals surface area contributed by atoms with Gasteiger partial charge in [0.2, 0.25) is 10.0 Å². The van der Waals surface area contributed by atoms with Crippen molar-refractivity contribution >= 4 is 31.2 Å². The first-order chi connectivity index (χ1) is 15.2. The molecule has 3 aromatic rings. The van der Waals surface area contributed by atoms with Crippen molar-refractivity contribution in [2.24, 2.45) is 0 Å². The third-order valence-electron chi connectivity index (χ3n) is 4.90. The number of pyridine rings is 1. The van der Waals surface area contributed by atoms with E-state index in [9.17, 15) is 22.1 Å². The Kier molecular flexibility index (Phi) is 6.08. The van der Waals surface area contributed by atoms with Crippen LogP contribution in [0.15, 0.2) is 35.5 Å². The highest BCUT2D eigenvalue weighted by molar-refractivity contribution is 7.93. The maximum atomic E-state index is 13.2. The lowest BCUT2D eigenvalue weighted by Gasteiger charge is -2.21. The summed E-state index contributed by atoms with van der Waals surface area (Å²) in [7, 11) is -4.75. The third-order valence-corrected chi connectivity index (χ3v) is 7.98. The van der Waals surface area contributed by atoms with Crippen LogP contribution >= 0.6 is 0 Å². The van der Waals surface area contributed by atoms with Crippen molar-refractivity contribution in [3.8, 4) is 28.8 Å². The Hall–Kier alpha value is -3.30. The Morgan fingerprint density at radius 1 is 1.09 bits per heavy atom. The molecule has 0 unspecified atom stereocenters. The molecule has 1 N–H and O–H groups in total. The molecule has 0 radical (unpaired) electrons. The highest BCUT2D eigenvalue weighted by atomic mass is 32.2. The Bertz CT molecular complexity index is 1490. The van der Waals surface area contributed by atoms with Crippen molar-refractivity contribution in [2.75, 3.05) is 25.2 Å². The van der Waals surface area contributed by atoms with Gasteiger partial charge in [-0.3, -0.25) is 9.12 Å². The van der Waals surface area contributed by atoms with Crippen LogP contribution in [0.3, 0.4) is 0 Å². The molecule has 0 atom stereocenters. The highest BCUT2D eigenvalue weighted by Crippen LogP contribution is 2.37. The molecule has 0 amide bonds. The molecule has 3 rings (SSSR count). The van der Waals surface area contributed by atoms with Gasteiger partial charge in [0.1, 0.15) is 22.4 Å². The van der Waals surface area contributed by atoms with Gasteiger partial charge in [0.15, 0.2) is 15.6 Å². The Labute approximate surface area is 192 Å². The predicted molar refractivity (Wildman–Crippen MR) is 124 cm³/mol. The van der Waals surface area contributed by atoms with E-state index in [-0.39, 0.29) is 27.6 Å². The lowest BCUT2D eigenvalue weighted by molar-refractivity contribution is 0.401. The van der Waals surface area contributed by atoms with Gasteiger partial charge in [-0.15, -0.1) is 0 Å². The van der Waals surface area contributed by atoms with Gasteiger partial charge in [-0.05, 0) is 32.9 Å². The molecule has 0 bridgehead atoms. The van der Waals surface area contributed by atoms with E-state index in [0.29, 0.717) is 16.9 Å². The van der Waals surface area contributed by atoms with Crippen molar-refractivity contribution in [1.82, 2.24) is 9.38 Å². The zero-order chi connectivity index (χ0) is 24.8. The first-order valence-corrected chi connectivity index (χ1v) is 13.0. The fourth-order valence-electron chi connectivity index (χ4n) is 3.25. The number of nitrogens with one attached hydrogen (secondary N) is 1. The van der Waals surface area contributed by atoms with E-state index in [2.05, 4.69) is 9.71 Å². The van der Waals surface area contributed by atoms with Crippen molar-refractivity contribution < 1.29 is 26.3 Å². The SMILES string of the molecule is COc1cc2ncc(-c3cc(C#N)c(OC)c(NS(C)(=O)=O)c3)n2cc1S(=O)(=O)C(C)(C)C. The second-order valence-electron chi connectivity index (χ2n) is 8.28. The van der Waals surface area contributed by atoms with Crippen LogP contribution in [0.5, 0.6) is 11.5 Å². The van der Waals surface area contributed by atoms with Gasteiger partial charge in [0.05, 0.1) is 48.4 Å². The minimum Gasteiger partial charge on any atom is -0.495 e. The monoisotopic (exact) mass is 492 g/mol. The topological polar surface area (TPSA) is 140 Å². The summed E-state index contributed by atoms with van der Waals surface area (Å²) in [4.78, 5) is 4.31. The number of hydrogen-bond donors (Lipinski definition) is 1. The van der Waals surface area contributed by atoms with Gasteiger partial charge in [-0.1, -0.05) is 0 Å². The van der Waals surface area contributed by atoms with Crippen LogP contribution in [-0.4, -0.2) is 51.4 Å². The molecule has 12 heteroatoms. The molecule has 0 aliphatic rings. The van der Waals surface area contributed by atoms with E-state index in [4.69, 9.17) is 9.47 Å². The van der Waals surface area contributed by atoms with E-state index >= 15 is 0 Å². The molecule has 10 nitrogen and oxygen atoms in total. The molecule has 2 aromatic heterocycles. The van der Waals surface area contributed by atoms with E-state index in [1.165, 1.54) is 44.8 Å². The fourth-order valence-corrected chi connectivity index (χ4v) is 5.11.